The molecule has 2 heterocycles. The fourth-order valence-corrected chi connectivity index (χ4v) is 5.67. The van der Waals surface area contributed by atoms with Crippen molar-refractivity contribution in [1.29, 1.82) is 0 Å². The van der Waals surface area contributed by atoms with Crippen LogP contribution in [0.5, 0.6) is 5.75 Å². The van der Waals surface area contributed by atoms with Crippen molar-refractivity contribution in [2.75, 3.05) is 16.4 Å². The number of nitrogens with zero attached hydrogens (tertiary/aromatic N) is 2. The van der Waals surface area contributed by atoms with Crippen LogP contribution in [0.2, 0.25) is 0 Å². The van der Waals surface area contributed by atoms with Crippen LogP contribution in [0.1, 0.15) is 70.6 Å². The van der Waals surface area contributed by atoms with Gasteiger partial charge in [-0.25, -0.2) is 9.69 Å². The van der Waals surface area contributed by atoms with E-state index >= 15 is 0 Å². The van der Waals surface area contributed by atoms with Crippen LogP contribution < -0.4 is 19.9 Å². The summed E-state index contributed by atoms with van der Waals surface area (Å²) in [4.78, 5) is 42.3. The van der Waals surface area contributed by atoms with E-state index in [4.69, 9.17) is 4.74 Å². The van der Waals surface area contributed by atoms with Crippen molar-refractivity contribution in [3.05, 3.63) is 58.7 Å². The van der Waals surface area contributed by atoms with Gasteiger partial charge in [0.1, 0.15) is 11.3 Å². The topological polar surface area (TPSA) is 79.0 Å². The van der Waals surface area contributed by atoms with Crippen LogP contribution in [0, 0.1) is 6.92 Å². The predicted molar refractivity (Wildman–Crippen MR) is 143 cm³/mol. The molecule has 190 valence electrons. The monoisotopic (exact) mass is 489 g/mol. The number of benzene rings is 2. The maximum Gasteiger partial charge on any atom is 0.335 e. The third-order valence-electron chi connectivity index (χ3n) is 6.97. The molecule has 0 unspecified atom stereocenters. The lowest BCUT2D eigenvalue weighted by molar-refractivity contribution is -0.122. The van der Waals surface area contributed by atoms with Gasteiger partial charge in [0.25, 0.3) is 11.8 Å². The molecule has 0 spiro atoms. The Labute approximate surface area is 213 Å². The number of fused-ring (bicyclic) bond motifs is 1. The molecule has 2 aromatic rings. The fourth-order valence-electron chi connectivity index (χ4n) is 5.67. The molecule has 2 aliphatic rings. The lowest BCUT2D eigenvalue weighted by Crippen LogP contribution is -2.54. The highest BCUT2D eigenvalue weighted by Gasteiger charge is 2.39. The third-order valence-corrected chi connectivity index (χ3v) is 6.97. The average Bonchev–Trinajstić information content (AvgIpc) is 2.76. The van der Waals surface area contributed by atoms with Crippen LogP contribution in [0.15, 0.2) is 42.0 Å². The molecule has 1 atom stereocenters. The largest absolute Gasteiger partial charge is 0.494 e. The van der Waals surface area contributed by atoms with Gasteiger partial charge in [-0.15, -0.1) is 0 Å². The number of anilines is 2. The summed E-state index contributed by atoms with van der Waals surface area (Å²) in [5.41, 5.74) is 4.41. The zero-order valence-corrected chi connectivity index (χ0v) is 22.1. The minimum absolute atomic E-state index is 0.0170. The summed E-state index contributed by atoms with van der Waals surface area (Å²) in [6.45, 7) is 15.5. The fraction of sp³-hybridized carbons (Fsp3) is 0.414. The van der Waals surface area contributed by atoms with Crippen LogP contribution in [0.3, 0.4) is 0 Å². The summed E-state index contributed by atoms with van der Waals surface area (Å²) in [5.74, 6) is -0.502. The number of rotatable bonds is 5. The van der Waals surface area contributed by atoms with E-state index in [0.29, 0.717) is 30.0 Å². The second-order valence-electron chi connectivity index (χ2n) is 10.5. The highest BCUT2D eigenvalue weighted by Crippen LogP contribution is 2.45. The number of hydrogen-bond donors (Lipinski definition) is 1. The number of carbonyl (C=O) groups is 3. The third kappa shape index (κ3) is 4.50. The minimum Gasteiger partial charge on any atom is -0.494 e. The van der Waals surface area contributed by atoms with Gasteiger partial charge in [-0.05, 0) is 101 Å². The van der Waals surface area contributed by atoms with Crippen molar-refractivity contribution in [3.63, 3.8) is 0 Å². The normalized spacial score (nSPS) is 20.6. The predicted octanol–water partition coefficient (Wildman–Crippen LogP) is 5.56. The van der Waals surface area contributed by atoms with E-state index in [-0.39, 0.29) is 11.1 Å². The van der Waals surface area contributed by atoms with Crippen molar-refractivity contribution in [1.82, 2.24) is 5.32 Å². The Morgan fingerprint density at radius 1 is 1.17 bits per heavy atom. The van der Waals surface area contributed by atoms with Crippen molar-refractivity contribution < 1.29 is 19.1 Å². The molecule has 4 rings (SSSR count). The first-order chi connectivity index (χ1) is 16.9. The van der Waals surface area contributed by atoms with E-state index in [1.54, 1.807) is 30.3 Å². The van der Waals surface area contributed by atoms with Crippen LogP contribution >= 0.6 is 0 Å². The van der Waals surface area contributed by atoms with Gasteiger partial charge in [-0.1, -0.05) is 13.0 Å². The van der Waals surface area contributed by atoms with Gasteiger partial charge in [0.2, 0.25) is 0 Å². The molecule has 1 N–H and O–H groups in total. The smallest absolute Gasteiger partial charge is 0.335 e. The molecule has 0 radical (unpaired) electrons. The maximum atomic E-state index is 13.4. The standard InChI is InChI=1S/C29H35N3O4/c1-8-36-22-11-9-10-21(15-22)31-27(34)24(26(33)30-28(31)35)14-20-13-23-19(5)16-29(6,7)32(17(2)3)25(23)12-18(20)4/h9-15,17,19H,8,16H2,1-7H3,(H,30,33,35)/b24-14+/t19-/m1/s1. The summed E-state index contributed by atoms with van der Waals surface area (Å²) >= 11 is 0. The Hall–Kier alpha value is -3.61. The van der Waals surface area contributed by atoms with Gasteiger partial charge >= 0.3 is 6.03 Å². The van der Waals surface area contributed by atoms with Crippen molar-refractivity contribution in [3.8, 4) is 5.75 Å². The molecule has 7 heteroatoms. The first-order valence-electron chi connectivity index (χ1n) is 12.5. The molecule has 0 aliphatic carbocycles. The van der Waals surface area contributed by atoms with Gasteiger partial charge in [0.05, 0.1) is 12.3 Å². The summed E-state index contributed by atoms with van der Waals surface area (Å²) in [6, 6.07) is 10.5. The van der Waals surface area contributed by atoms with E-state index in [2.05, 4.69) is 57.0 Å². The van der Waals surface area contributed by atoms with Crippen molar-refractivity contribution in [2.45, 2.75) is 72.4 Å². The number of carbonyl (C=O) groups excluding carboxylic acids is 3. The molecule has 36 heavy (non-hydrogen) atoms. The van der Waals surface area contributed by atoms with E-state index < -0.39 is 17.8 Å². The van der Waals surface area contributed by atoms with Gasteiger partial charge < -0.3 is 9.64 Å². The highest BCUT2D eigenvalue weighted by atomic mass is 16.5. The Kier molecular flexibility index (Phi) is 6.69. The Morgan fingerprint density at radius 2 is 1.89 bits per heavy atom. The quantitative estimate of drug-likeness (QED) is 0.439. The Balaban J connectivity index is 1.77. The summed E-state index contributed by atoms with van der Waals surface area (Å²) in [6.07, 6.45) is 2.60. The SMILES string of the molecule is CCOc1cccc(N2C(=O)NC(=O)/C(=C\c3cc4c(cc3C)N(C(C)C)C(C)(C)C[C@H]4C)C2=O)c1. The second kappa shape index (κ2) is 9.45. The maximum absolute atomic E-state index is 13.4. The number of amides is 4. The molecule has 2 aromatic carbocycles. The summed E-state index contributed by atoms with van der Waals surface area (Å²) in [7, 11) is 0. The summed E-state index contributed by atoms with van der Waals surface area (Å²) < 4.78 is 5.51. The molecule has 0 saturated carbocycles. The van der Waals surface area contributed by atoms with Gasteiger partial charge in [0, 0.05) is 23.3 Å². The lowest BCUT2D eigenvalue weighted by Gasteiger charge is -2.50. The molecule has 2 aliphatic heterocycles. The molecule has 0 bridgehead atoms. The number of barbiturate groups is 1. The number of aryl methyl sites for hydroxylation is 1. The molecular formula is C29H35N3O4. The molecule has 4 amide bonds. The number of imide groups is 2. The zero-order valence-electron chi connectivity index (χ0n) is 22.1. The molecule has 1 fully saturated rings. The first kappa shape index (κ1) is 25.5. The van der Waals surface area contributed by atoms with Crippen molar-refractivity contribution in [2.24, 2.45) is 0 Å². The van der Waals surface area contributed by atoms with Crippen molar-refractivity contribution >= 4 is 35.3 Å². The number of hydrogen-bond acceptors (Lipinski definition) is 5. The number of ether oxygens (including phenoxy) is 1. The summed E-state index contributed by atoms with van der Waals surface area (Å²) in [5, 5.41) is 2.31. The van der Waals surface area contributed by atoms with Gasteiger partial charge in [-0.2, -0.15) is 0 Å². The minimum atomic E-state index is -0.776. The van der Waals surface area contributed by atoms with E-state index in [1.165, 1.54) is 11.3 Å². The van der Waals surface area contributed by atoms with Crippen LogP contribution in [0.4, 0.5) is 16.2 Å². The molecular weight excluding hydrogens is 454 g/mol. The molecule has 1 saturated heterocycles. The Bertz CT molecular complexity index is 1260. The van der Waals surface area contributed by atoms with Gasteiger partial charge in [-0.3, -0.25) is 14.9 Å². The zero-order chi connectivity index (χ0) is 26.4. The second-order valence-corrected chi connectivity index (χ2v) is 10.5. The molecule has 0 aromatic heterocycles. The number of urea groups is 1. The van der Waals surface area contributed by atoms with Crippen LogP contribution in [0.25, 0.3) is 6.08 Å². The highest BCUT2D eigenvalue weighted by molar-refractivity contribution is 6.39. The van der Waals surface area contributed by atoms with E-state index in [0.717, 1.165) is 22.4 Å². The lowest BCUT2D eigenvalue weighted by atomic mass is 9.78. The van der Waals surface area contributed by atoms with E-state index in [9.17, 15) is 14.4 Å². The first-order valence-corrected chi connectivity index (χ1v) is 12.5. The average molecular weight is 490 g/mol. The van der Waals surface area contributed by atoms with Gasteiger partial charge in [0.15, 0.2) is 0 Å². The molecule has 7 nitrogen and oxygen atoms in total. The Morgan fingerprint density at radius 3 is 2.56 bits per heavy atom. The van der Waals surface area contributed by atoms with E-state index in [1.807, 2.05) is 13.8 Å². The van der Waals surface area contributed by atoms with Crippen LogP contribution in [-0.4, -0.2) is 36.0 Å². The van der Waals surface area contributed by atoms with Crippen LogP contribution in [-0.2, 0) is 9.59 Å². The number of nitrogens with one attached hydrogen (secondary N) is 1.